The third kappa shape index (κ3) is 2.66. The minimum Gasteiger partial charge on any atom is -0.423 e. The van der Waals surface area contributed by atoms with Crippen molar-refractivity contribution in [3.8, 4) is 0 Å². The van der Waals surface area contributed by atoms with E-state index in [1.807, 2.05) is 18.2 Å². The quantitative estimate of drug-likeness (QED) is 0.739. The van der Waals surface area contributed by atoms with E-state index in [0.717, 1.165) is 32.2 Å². The van der Waals surface area contributed by atoms with Crippen molar-refractivity contribution < 1.29 is 9.52 Å². The number of nitrogens with zero attached hydrogens (tertiary/aromatic N) is 1. The molecule has 1 aromatic heterocycles. The van der Waals surface area contributed by atoms with Gasteiger partial charge in [-0.1, -0.05) is 6.07 Å². The summed E-state index contributed by atoms with van der Waals surface area (Å²) in [6, 6.07) is 6.06. The largest absolute Gasteiger partial charge is 0.423 e. The Kier molecular flexibility index (Phi) is 3.29. The summed E-state index contributed by atoms with van der Waals surface area (Å²) in [5.41, 5.74) is 7.90. The summed E-state index contributed by atoms with van der Waals surface area (Å²) < 4.78 is 5.61. The molecular formula is C14H19N3O2. The molecule has 0 spiro atoms. The lowest BCUT2D eigenvalue weighted by atomic mass is 9.87. The van der Waals surface area contributed by atoms with Crippen LogP contribution in [0, 0.1) is 5.92 Å². The Bertz CT molecular complexity index is 559. The summed E-state index contributed by atoms with van der Waals surface area (Å²) in [7, 11) is 0. The molecule has 2 aromatic rings. The van der Waals surface area contributed by atoms with Gasteiger partial charge in [0, 0.05) is 6.54 Å². The summed E-state index contributed by atoms with van der Waals surface area (Å²) in [5, 5.41) is 12.7. The van der Waals surface area contributed by atoms with Gasteiger partial charge in [-0.05, 0) is 43.7 Å². The fourth-order valence-corrected chi connectivity index (χ4v) is 2.63. The Morgan fingerprint density at radius 3 is 2.84 bits per heavy atom. The van der Waals surface area contributed by atoms with E-state index < -0.39 is 0 Å². The molecule has 1 fully saturated rings. The van der Waals surface area contributed by atoms with Crippen LogP contribution in [0.25, 0.3) is 11.1 Å². The zero-order valence-corrected chi connectivity index (χ0v) is 10.8. The fourth-order valence-electron chi connectivity index (χ4n) is 2.63. The van der Waals surface area contributed by atoms with Crippen molar-refractivity contribution in [1.82, 2.24) is 4.98 Å². The first-order chi connectivity index (χ1) is 9.22. The van der Waals surface area contributed by atoms with Crippen molar-refractivity contribution in [2.24, 2.45) is 5.92 Å². The number of nitrogens with one attached hydrogen (secondary N) is 1. The van der Waals surface area contributed by atoms with Crippen LogP contribution in [0.1, 0.15) is 25.7 Å². The molecule has 1 saturated carbocycles. The minimum atomic E-state index is -0.111. The van der Waals surface area contributed by atoms with Crippen LogP contribution in [-0.4, -0.2) is 22.7 Å². The van der Waals surface area contributed by atoms with E-state index in [9.17, 15) is 5.11 Å². The molecule has 0 unspecified atom stereocenters. The van der Waals surface area contributed by atoms with Gasteiger partial charge in [0.05, 0.1) is 11.8 Å². The number of rotatable bonds is 3. The smallest absolute Gasteiger partial charge is 0.295 e. The number of anilines is 2. The third-order valence-electron chi connectivity index (χ3n) is 3.81. The second-order valence-corrected chi connectivity index (χ2v) is 5.27. The number of hydrogen-bond donors (Lipinski definition) is 3. The predicted octanol–water partition coefficient (Wildman–Crippen LogP) is 2.37. The summed E-state index contributed by atoms with van der Waals surface area (Å²) in [4.78, 5) is 4.36. The predicted molar refractivity (Wildman–Crippen MR) is 74.9 cm³/mol. The molecule has 1 aromatic carbocycles. The number of hydrogen-bond acceptors (Lipinski definition) is 5. The topological polar surface area (TPSA) is 84.3 Å². The summed E-state index contributed by atoms with van der Waals surface area (Å²) >= 11 is 0. The first kappa shape index (κ1) is 12.3. The van der Waals surface area contributed by atoms with E-state index in [2.05, 4.69) is 10.3 Å². The van der Waals surface area contributed by atoms with E-state index in [0.29, 0.717) is 28.7 Å². The molecule has 5 heteroatoms. The van der Waals surface area contributed by atoms with Gasteiger partial charge < -0.3 is 20.6 Å². The molecule has 19 heavy (non-hydrogen) atoms. The van der Waals surface area contributed by atoms with Crippen LogP contribution in [0.15, 0.2) is 22.6 Å². The SMILES string of the molecule is Nc1cccc2oc(NCC3CCC(O)CC3)nc12. The summed E-state index contributed by atoms with van der Waals surface area (Å²) in [6.07, 6.45) is 3.78. The second-order valence-electron chi connectivity index (χ2n) is 5.27. The number of benzene rings is 1. The number of aliphatic hydroxyl groups is 1. The maximum absolute atomic E-state index is 9.47. The van der Waals surface area contributed by atoms with Crippen LogP contribution in [0.2, 0.25) is 0 Å². The van der Waals surface area contributed by atoms with Gasteiger partial charge in [-0.3, -0.25) is 0 Å². The van der Waals surface area contributed by atoms with Crippen LogP contribution in [-0.2, 0) is 0 Å². The fraction of sp³-hybridized carbons (Fsp3) is 0.500. The van der Waals surface area contributed by atoms with E-state index in [1.165, 1.54) is 0 Å². The standard InChI is InChI=1S/C14H19N3O2/c15-11-2-1-3-12-13(11)17-14(19-12)16-8-9-4-6-10(18)7-5-9/h1-3,9-10,18H,4-8,15H2,(H,16,17). The molecule has 102 valence electrons. The number of aliphatic hydroxyl groups excluding tert-OH is 1. The molecule has 3 rings (SSSR count). The average molecular weight is 261 g/mol. The normalized spacial score (nSPS) is 23.6. The Morgan fingerprint density at radius 2 is 2.11 bits per heavy atom. The lowest BCUT2D eigenvalue weighted by molar-refractivity contribution is 0.111. The Hall–Kier alpha value is -1.75. The van der Waals surface area contributed by atoms with E-state index in [4.69, 9.17) is 10.2 Å². The van der Waals surface area contributed by atoms with Gasteiger partial charge in [-0.25, -0.2) is 0 Å². The molecule has 0 atom stereocenters. The highest BCUT2D eigenvalue weighted by Gasteiger charge is 2.19. The highest BCUT2D eigenvalue weighted by atomic mass is 16.4. The van der Waals surface area contributed by atoms with Crippen molar-refractivity contribution in [2.75, 3.05) is 17.6 Å². The maximum atomic E-state index is 9.47. The van der Waals surface area contributed by atoms with Gasteiger partial charge in [0.2, 0.25) is 0 Å². The molecule has 1 aliphatic carbocycles. The Balaban J connectivity index is 1.64. The van der Waals surface area contributed by atoms with Gasteiger partial charge >= 0.3 is 0 Å². The highest BCUT2D eigenvalue weighted by Crippen LogP contribution is 2.26. The van der Waals surface area contributed by atoms with Crippen LogP contribution >= 0.6 is 0 Å². The van der Waals surface area contributed by atoms with E-state index >= 15 is 0 Å². The van der Waals surface area contributed by atoms with Crippen LogP contribution in [0.5, 0.6) is 0 Å². The summed E-state index contributed by atoms with van der Waals surface area (Å²) in [6.45, 7) is 0.833. The van der Waals surface area contributed by atoms with Crippen molar-refractivity contribution in [3.05, 3.63) is 18.2 Å². The van der Waals surface area contributed by atoms with Crippen molar-refractivity contribution >= 4 is 22.8 Å². The van der Waals surface area contributed by atoms with Crippen LogP contribution in [0.4, 0.5) is 11.7 Å². The number of para-hydroxylation sites is 1. The average Bonchev–Trinajstić information content (AvgIpc) is 2.83. The lowest BCUT2D eigenvalue weighted by Crippen LogP contribution is -2.23. The molecule has 1 heterocycles. The zero-order chi connectivity index (χ0) is 13.2. The van der Waals surface area contributed by atoms with Gasteiger partial charge in [-0.15, -0.1) is 0 Å². The lowest BCUT2D eigenvalue weighted by Gasteiger charge is -2.25. The van der Waals surface area contributed by atoms with Gasteiger partial charge in [-0.2, -0.15) is 4.98 Å². The van der Waals surface area contributed by atoms with Crippen molar-refractivity contribution in [2.45, 2.75) is 31.8 Å². The molecule has 0 radical (unpaired) electrons. The molecule has 0 bridgehead atoms. The molecule has 0 aliphatic heterocycles. The number of nitrogens with two attached hydrogens (primary N) is 1. The molecule has 0 saturated heterocycles. The van der Waals surface area contributed by atoms with Crippen molar-refractivity contribution in [1.29, 1.82) is 0 Å². The first-order valence-electron chi connectivity index (χ1n) is 6.79. The number of fused-ring (bicyclic) bond motifs is 1. The second kappa shape index (κ2) is 5.09. The monoisotopic (exact) mass is 261 g/mol. The zero-order valence-electron chi connectivity index (χ0n) is 10.8. The third-order valence-corrected chi connectivity index (χ3v) is 3.81. The Labute approximate surface area is 111 Å². The Morgan fingerprint density at radius 1 is 1.32 bits per heavy atom. The molecule has 1 aliphatic rings. The van der Waals surface area contributed by atoms with E-state index in [-0.39, 0.29) is 6.10 Å². The van der Waals surface area contributed by atoms with Gasteiger partial charge in [0.1, 0.15) is 5.52 Å². The van der Waals surface area contributed by atoms with Crippen molar-refractivity contribution in [3.63, 3.8) is 0 Å². The molecule has 5 nitrogen and oxygen atoms in total. The van der Waals surface area contributed by atoms with Crippen LogP contribution < -0.4 is 11.1 Å². The number of oxazole rings is 1. The molecule has 0 amide bonds. The summed E-state index contributed by atoms with van der Waals surface area (Å²) in [5.74, 6) is 0.579. The number of nitrogen functional groups attached to an aromatic ring is 1. The van der Waals surface area contributed by atoms with E-state index in [1.54, 1.807) is 0 Å². The highest BCUT2D eigenvalue weighted by molar-refractivity contribution is 5.86. The number of aromatic nitrogens is 1. The maximum Gasteiger partial charge on any atom is 0.295 e. The van der Waals surface area contributed by atoms with Gasteiger partial charge in [0.15, 0.2) is 5.58 Å². The minimum absolute atomic E-state index is 0.111. The van der Waals surface area contributed by atoms with Crippen LogP contribution in [0.3, 0.4) is 0 Å². The first-order valence-corrected chi connectivity index (χ1v) is 6.79. The van der Waals surface area contributed by atoms with Gasteiger partial charge in [0.25, 0.3) is 6.01 Å². The molecular weight excluding hydrogens is 242 g/mol. The molecule has 4 N–H and O–H groups in total.